The van der Waals surface area contributed by atoms with Crippen LogP contribution in [0.3, 0.4) is 0 Å². The number of amides is 1. The number of rotatable bonds is 4. The van der Waals surface area contributed by atoms with Gasteiger partial charge < -0.3 is 14.8 Å². The van der Waals surface area contributed by atoms with Gasteiger partial charge in [-0.25, -0.2) is 4.39 Å². The van der Waals surface area contributed by atoms with Crippen LogP contribution in [0.4, 0.5) is 4.39 Å². The normalized spacial score (nSPS) is 13.4. The van der Waals surface area contributed by atoms with Crippen molar-refractivity contribution in [2.45, 2.75) is 19.3 Å². The average Bonchev–Trinajstić information content (AvgIpc) is 2.60. The van der Waals surface area contributed by atoms with Crippen LogP contribution >= 0.6 is 11.6 Å². The van der Waals surface area contributed by atoms with E-state index in [-0.39, 0.29) is 18.3 Å². The molecule has 1 aliphatic rings. The van der Waals surface area contributed by atoms with Gasteiger partial charge in [-0.1, -0.05) is 43.6 Å². The Hall–Kier alpha value is -2.27. The summed E-state index contributed by atoms with van der Waals surface area (Å²) in [5.41, 5.74) is 0.368. The Bertz CT molecular complexity index is 807. The zero-order chi connectivity index (χ0) is 18.0. The van der Waals surface area contributed by atoms with E-state index < -0.39 is 5.41 Å². The van der Waals surface area contributed by atoms with Crippen molar-refractivity contribution in [1.82, 2.24) is 5.32 Å². The van der Waals surface area contributed by atoms with Gasteiger partial charge in [-0.2, -0.15) is 0 Å². The van der Waals surface area contributed by atoms with Gasteiger partial charge >= 0.3 is 0 Å². The maximum atomic E-state index is 14.0. The van der Waals surface area contributed by atoms with E-state index in [2.05, 4.69) is 5.32 Å². The lowest BCUT2D eigenvalue weighted by molar-refractivity contribution is 0.0944. The number of benzene rings is 2. The van der Waals surface area contributed by atoms with Gasteiger partial charge in [0.2, 0.25) is 0 Å². The monoisotopic (exact) mass is 363 g/mol. The molecule has 1 amide bonds. The molecule has 132 valence electrons. The molecule has 25 heavy (non-hydrogen) atoms. The van der Waals surface area contributed by atoms with Crippen molar-refractivity contribution in [3.63, 3.8) is 0 Å². The molecule has 2 aromatic rings. The number of hydrogen-bond acceptors (Lipinski definition) is 3. The molecule has 2 aromatic carbocycles. The third-order valence-corrected chi connectivity index (χ3v) is 4.43. The van der Waals surface area contributed by atoms with Crippen molar-refractivity contribution >= 4 is 17.5 Å². The van der Waals surface area contributed by atoms with E-state index in [9.17, 15) is 9.18 Å². The Labute approximate surface area is 150 Å². The summed E-state index contributed by atoms with van der Waals surface area (Å²) in [6.45, 7) is 4.87. The topological polar surface area (TPSA) is 47.6 Å². The fourth-order valence-corrected chi connectivity index (χ4v) is 3.02. The number of halogens is 2. The summed E-state index contributed by atoms with van der Waals surface area (Å²) in [5, 5.41) is 3.17. The average molecular weight is 364 g/mol. The van der Waals surface area contributed by atoms with E-state index in [1.807, 2.05) is 13.8 Å². The summed E-state index contributed by atoms with van der Waals surface area (Å²) in [7, 11) is 0. The molecule has 6 heteroatoms. The number of hydrogen-bond donors (Lipinski definition) is 1. The van der Waals surface area contributed by atoms with Gasteiger partial charge in [0.1, 0.15) is 19.0 Å². The van der Waals surface area contributed by atoms with Crippen molar-refractivity contribution in [3.05, 3.63) is 58.4 Å². The van der Waals surface area contributed by atoms with Crippen molar-refractivity contribution in [2.75, 3.05) is 19.8 Å². The Morgan fingerprint density at radius 3 is 2.72 bits per heavy atom. The van der Waals surface area contributed by atoms with E-state index in [4.69, 9.17) is 21.1 Å². The van der Waals surface area contributed by atoms with Gasteiger partial charge in [0.15, 0.2) is 11.5 Å². The molecule has 0 fully saturated rings. The molecule has 4 nitrogen and oxygen atoms in total. The van der Waals surface area contributed by atoms with E-state index in [1.165, 1.54) is 6.07 Å². The summed E-state index contributed by atoms with van der Waals surface area (Å²) in [5.74, 6) is 0.320. The van der Waals surface area contributed by atoms with Crippen molar-refractivity contribution in [2.24, 2.45) is 0 Å². The quantitative estimate of drug-likeness (QED) is 0.894. The Morgan fingerprint density at radius 1 is 1.24 bits per heavy atom. The van der Waals surface area contributed by atoms with Crippen LogP contribution in [0, 0.1) is 5.82 Å². The second-order valence-corrected chi connectivity index (χ2v) is 6.94. The molecule has 0 spiro atoms. The standard InChI is InChI=1S/C19H19ClFNO3/c1-19(2,13-5-3-4-6-15(13)21)11-22-18(23)12-9-14(20)17-16(10-12)24-7-8-25-17/h3-6,9-10H,7-8,11H2,1-2H3,(H,22,23). The highest BCUT2D eigenvalue weighted by atomic mass is 35.5. The van der Waals surface area contributed by atoms with Gasteiger partial charge in [-0.05, 0) is 23.8 Å². The molecule has 0 radical (unpaired) electrons. The molecular formula is C19H19ClFNO3. The van der Waals surface area contributed by atoms with Crippen molar-refractivity contribution in [3.8, 4) is 11.5 Å². The summed E-state index contributed by atoms with van der Waals surface area (Å²) in [6.07, 6.45) is 0. The molecule has 0 aliphatic carbocycles. The first kappa shape index (κ1) is 17.5. The van der Waals surface area contributed by atoms with Crippen molar-refractivity contribution < 1.29 is 18.7 Å². The first-order valence-electron chi connectivity index (χ1n) is 8.01. The highest BCUT2D eigenvalue weighted by Crippen LogP contribution is 2.38. The maximum absolute atomic E-state index is 14.0. The van der Waals surface area contributed by atoms with Gasteiger partial charge in [0.05, 0.1) is 5.02 Å². The molecule has 0 saturated heterocycles. The zero-order valence-corrected chi connectivity index (χ0v) is 14.8. The SMILES string of the molecule is CC(C)(CNC(=O)c1cc(Cl)c2c(c1)OCCO2)c1ccccc1F. The van der Waals surface area contributed by atoms with Gasteiger partial charge in [0.25, 0.3) is 5.91 Å². The summed E-state index contributed by atoms with van der Waals surface area (Å²) >= 11 is 6.16. The van der Waals surface area contributed by atoms with Gasteiger partial charge in [-0.15, -0.1) is 0 Å². The van der Waals surface area contributed by atoms with E-state index in [1.54, 1.807) is 30.3 Å². The minimum Gasteiger partial charge on any atom is -0.486 e. The summed E-state index contributed by atoms with van der Waals surface area (Å²) in [6, 6.07) is 9.71. The lowest BCUT2D eigenvalue weighted by atomic mass is 9.84. The third kappa shape index (κ3) is 3.71. The van der Waals surface area contributed by atoms with E-state index in [0.717, 1.165) is 0 Å². The zero-order valence-electron chi connectivity index (χ0n) is 14.1. The second-order valence-electron chi connectivity index (χ2n) is 6.53. The molecule has 0 saturated carbocycles. The lowest BCUT2D eigenvalue weighted by Crippen LogP contribution is -2.37. The molecule has 1 heterocycles. The Kier molecular flexibility index (Phi) is 4.86. The van der Waals surface area contributed by atoms with Crippen LogP contribution in [0.2, 0.25) is 5.02 Å². The molecular weight excluding hydrogens is 345 g/mol. The molecule has 0 aromatic heterocycles. The van der Waals surface area contributed by atoms with Crippen LogP contribution in [0.5, 0.6) is 11.5 Å². The number of carbonyl (C=O) groups is 1. The predicted molar refractivity (Wildman–Crippen MR) is 94.2 cm³/mol. The Balaban J connectivity index is 1.75. The van der Waals surface area contributed by atoms with Crippen LogP contribution in [-0.4, -0.2) is 25.7 Å². The molecule has 3 rings (SSSR count). The molecule has 0 atom stereocenters. The number of nitrogens with one attached hydrogen (secondary N) is 1. The number of ether oxygens (including phenoxy) is 2. The minimum atomic E-state index is -0.557. The lowest BCUT2D eigenvalue weighted by Gasteiger charge is -2.26. The Morgan fingerprint density at radius 2 is 1.96 bits per heavy atom. The minimum absolute atomic E-state index is 0.277. The first-order valence-corrected chi connectivity index (χ1v) is 8.38. The summed E-state index contributed by atoms with van der Waals surface area (Å²) in [4.78, 5) is 12.5. The first-order chi connectivity index (χ1) is 11.9. The highest BCUT2D eigenvalue weighted by Gasteiger charge is 2.25. The molecule has 1 N–H and O–H groups in total. The van der Waals surface area contributed by atoms with Crippen LogP contribution in [-0.2, 0) is 5.41 Å². The van der Waals surface area contributed by atoms with Gasteiger partial charge in [-0.3, -0.25) is 4.79 Å². The number of carbonyl (C=O) groups excluding carboxylic acids is 1. The van der Waals surface area contributed by atoms with Gasteiger partial charge in [0, 0.05) is 17.5 Å². The third-order valence-electron chi connectivity index (χ3n) is 4.15. The fourth-order valence-electron chi connectivity index (χ4n) is 2.75. The van der Waals surface area contributed by atoms with Crippen LogP contribution < -0.4 is 14.8 Å². The van der Waals surface area contributed by atoms with Crippen LogP contribution in [0.15, 0.2) is 36.4 Å². The molecule has 1 aliphatic heterocycles. The van der Waals surface area contributed by atoms with Crippen LogP contribution in [0.25, 0.3) is 0 Å². The maximum Gasteiger partial charge on any atom is 0.251 e. The predicted octanol–water partition coefficient (Wildman–Crippen LogP) is 3.96. The molecule has 0 bridgehead atoms. The van der Waals surface area contributed by atoms with Crippen LogP contribution in [0.1, 0.15) is 29.8 Å². The van der Waals surface area contributed by atoms with E-state index >= 15 is 0 Å². The smallest absolute Gasteiger partial charge is 0.251 e. The largest absolute Gasteiger partial charge is 0.486 e. The summed E-state index contributed by atoms with van der Waals surface area (Å²) < 4.78 is 24.9. The number of fused-ring (bicyclic) bond motifs is 1. The van der Waals surface area contributed by atoms with E-state index in [0.29, 0.717) is 40.9 Å². The highest BCUT2D eigenvalue weighted by molar-refractivity contribution is 6.32. The second kappa shape index (κ2) is 6.92. The fraction of sp³-hybridized carbons (Fsp3) is 0.316. The molecule has 0 unspecified atom stereocenters. The van der Waals surface area contributed by atoms with Crippen molar-refractivity contribution in [1.29, 1.82) is 0 Å².